The molecule has 1 fully saturated rings. The molecular weight excluding hydrogens is 346 g/mol. The molecule has 1 heterocycles. The molecule has 9 heteroatoms. The molecular formula is C16H31N3O5S. The van der Waals surface area contributed by atoms with Crippen molar-refractivity contribution in [3.05, 3.63) is 0 Å². The van der Waals surface area contributed by atoms with Crippen LogP contribution in [0.5, 0.6) is 0 Å². The van der Waals surface area contributed by atoms with Crippen LogP contribution in [0.2, 0.25) is 0 Å². The normalized spacial score (nSPS) is 16.6. The molecule has 0 saturated carbocycles. The van der Waals surface area contributed by atoms with Gasteiger partial charge in [-0.05, 0) is 27.2 Å². The van der Waals surface area contributed by atoms with Gasteiger partial charge in [0, 0.05) is 39.1 Å². The van der Waals surface area contributed by atoms with E-state index in [0.717, 1.165) is 6.42 Å². The summed E-state index contributed by atoms with van der Waals surface area (Å²) in [5.41, 5.74) is -0.576. The minimum absolute atomic E-state index is 0.0957. The highest BCUT2D eigenvalue weighted by atomic mass is 32.2. The molecule has 0 atom stereocenters. The van der Waals surface area contributed by atoms with Gasteiger partial charge in [0.15, 0.2) is 0 Å². The fraction of sp³-hybridized carbons (Fsp3) is 0.875. The van der Waals surface area contributed by atoms with Crippen LogP contribution in [-0.2, 0) is 19.6 Å². The Bertz CT molecular complexity index is 549. The molecule has 0 aliphatic carbocycles. The molecule has 8 nitrogen and oxygen atoms in total. The first-order chi connectivity index (χ1) is 11.5. The zero-order valence-corrected chi connectivity index (χ0v) is 16.5. The molecule has 1 rings (SSSR count). The Morgan fingerprint density at radius 3 is 2.24 bits per heavy atom. The molecule has 1 aliphatic rings. The van der Waals surface area contributed by atoms with Crippen LogP contribution in [0.1, 0.15) is 47.0 Å². The van der Waals surface area contributed by atoms with Crippen LogP contribution in [0.15, 0.2) is 0 Å². The Morgan fingerprint density at radius 2 is 1.72 bits per heavy atom. The molecule has 0 unspecified atom stereocenters. The SMILES string of the molecule is CCCCS(=O)(=O)N1CCN(C(=O)CCNC(=O)OC(C)(C)C)CC1. The van der Waals surface area contributed by atoms with E-state index in [0.29, 0.717) is 32.6 Å². The van der Waals surface area contributed by atoms with Gasteiger partial charge in [0.25, 0.3) is 0 Å². The van der Waals surface area contributed by atoms with Crippen LogP contribution in [0.25, 0.3) is 0 Å². The summed E-state index contributed by atoms with van der Waals surface area (Å²) >= 11 is 0. The van der Waals surface area contributed by atoms with E-state index in [1.165, 1.54) is 4.31 Å². The van der Waals surface area contributed by atoms with Gasteiger partial charge in [-0.3, -0.25) is 4.79 Å². The van der Waals surface area contributed by atoms with E-state index in [4.69, 9.17) is 4.74 Å². The standard InChI is InChI=1S/C16H31N3O5S/c1-5-6-13-25(22,23)19-11-9-18(10-12-19)14(20)7-8-17-15(21)24-16(2,3)4/h5-13H2,1-4H3,(H,17,21). The van der Waals surface area contributed by atoms with Crippen molar-refractivity contribution in [3.8, 4) is 0 Å². The number of piperazine rings is 1. The topological polar surface area (TPSA) is 96.0 Å². The number of ether oxygens (including phenoxy) is 1. The first-order valence-corrected chi connectivity index (χ1v) is 10.4. The minimum atomic E-state index is -3.22. The number of sulfonamides is 1. The largest absolute Gasteiger partial charge is 0.444 e. The van der Waals surface area contributed by atoms with Gasteiger partial charge in [0.2, 0.25) is 15.9 Å². The summed E-state index contributed by atoms with van der Waals surface area (Å²) in [6.07, 6.45) is 1.11. The van der Waals surface area contributed by atoms with E-state index < -0.39 is 21.7 Å². The zero-order chi connectivity index (χ0) is 19.1. The number of nitrogens with one attached hydrogen (secondary N) is 1. The molecule has 1 aliphatic heterocycles. The molecule has 0 spiro atoms. The quantitative estimate of drug-likeness (QED) is 0.719. The molecule has 1 N–H and O–H groups in total. The number of hydrogen-bond donors (Lipinski definition) is 1. The summed E-state index contributed by atoms with van der Waals surface area (Å²) in [7, 11) is -3.22. The third kappa shape index (κ3) is 8.04. The molecule has 0 radical (unpaired) electrons. The summed E-state index contributed by atoms with van der Waals surface area (Å²) < 4.78 is 30.9. The Kier molecular flexibility index (Phi) is 8.14. The van der Waals surface area contributed by atoms with Gasteiger partial charge in [-0.1, -0.05) is 13.3 Å². The van der Waals surface area contributed by atoms with E-state index in [1.54, 1.807) is 25.7 Å². The van der Waals surface area contributed by atoms with Gasteiger partial charge in [0.05, 0.1) is 5.75 Å². The molecule has 1 saturated heterocycles. The number of hydrogen-bond acceptors (Lipinski definition) is 5. The number of amides is 2. The number of rotatable bonds is 7. The Balaban J connectivity index is 2.33. The van der Waals surface area contributed by atoms with E-state index >= 15 is 0 Å². The lowest BCUT2D eigenvalue weighted by Gasteiger charge is -2.34. The van der Waals surface area contributed by atoms with Gasteiger partial charge < -0.3 is 15.0 Å². The van der Waals surface area contributed by atoms with Crippen molar-refractivity contribution in [2.75, 3.05) is 38.5 Å². The highest BCUT2D eigenvalue weighted by Gasteiger charge is 2.28. The predicted octanol–water partition coefficient (Wildman–Crippen LogP) is 1.18. The van der Waals surface area contributed by atoms with Crippen molar-refractivity contribution < 1.29 is 22.7 Å². The lowest BCUT2D eigenvalue weighted by atomic mass is 10.2. The van der Waals surface area contributed by atoms with Crippen molar-refractivity contribution in [2.24, 2.45) is 0 Å². The van der Waals surface area contributed by atoms with E-state index in [1.807, 2.05) is 6.92 Å². The minimum Gasteiger partial charge on any atom is -0.444 e. The van der Waals surface area contributed by atoms with Crippen molar-refractivity contribution >= 4 is 22.0 Å². The van der Waals surface area contributed by atoms with Gasteiger partial charge in [-0.2, -0.15) is 4.31 Å². The third-order valence-corrected chi connectivity index (χ3v) is 5.70. The maximum absolute atomic E-state index is 12.2. The summed E-state index contributed by atoms with van der Waals surface area (Å²) in [6, 6.07) is 0. The van der Waals surface area contributed by atoms with Crippen molar-refractivity contribution in [3.63, 3.8) is 0 Å². The van der Waals surface area contributed by atoms with Gasteiger partial charge in [0.1, 0.15) is 5.60 Å². The lowest BCUT2D eigenvalue weighted by molar-refractivity contribution is -0.132. The summed E-state index contributed by atoms with van der Waals surface area (Å²) in [6.45, 7) is 8.89. The third-order valence-electron chi connectivity index (χ3n) is 3.75. The second-order valence-corrected chi connectivity index (χ2v) is 9.22. The molecule has 2 amide bonds. The Morgan fingerprint density at radius 1 is 1.12 bits per heavy atom. The Hall–Kier alpha value is -1.35. The fourth-order valence-electron chi connectivity index (χ4n) is 2.42. The monoisotopic (exact) mass is 377 g/mol. The maximum Gasteiger partial charge on any atom is 0.407 e. The number of unbranched alkanes of at least 4 members (excludes halogenated alkanes) is 1. The first-order valence-electron chi connectivity index (χ1n) is 8.77. The fourth-order valence-corrected chi connectivity index (χ4v) is 4.05. The van der Waals surface area contributed by atoms with Gasteiger partial charge in [-0.25, -0.2) is 13.2 Å². The summed E-state index contributed by atoms with van der Waals surface area (Å²) in [5.74, 6) is 0.0683. The summed E-state index contributed by atoms with van der Waals surface area (Å²) in [5, 5.41) is 2.55. The second-order valence-electron chi connectivity index (χ2n) is 7.13. The highest BCUT2D eigenvalue weighted by Crippen LogP contribution is 2.11. The molecule has 0 aromatic carbocycles. The second kappa shape index (κ2) is 9.38. The number of nitrogens with zero attached hydrogens (tertiary/aromatic N) is 2. The number of carbonyl (C=O) groups is 2. The Labute approximate surface area is 150 Å². The average molecular weight is 378 g/mol. The van der Waals surface area contributed by atoms with Crippen LogP contribution in [0.3, 0.4) is 0 Å². The van der Waals surface area contributed by atoms with Crippen LogP contribution in [-0.4, -0.2) is 73.7 Å². The lowest BCUT2D eigenvalue weighted by Crippen LogP contribution is -2.51. The van der Waals surface area contributed by atoms with Crippen LogP contribution in [0.4, 0.5) is 4.79 Å². The molecule has 25 heavy (non-hydrogen) atoms. The molecule has 0 bridgehead atoms. The molecule has 0 aromatic heterocycles. The van der Waals surface area contributed by atoms with Gasteiger partial charge >= 0.3 is 6.09 Å². The maximum atomic E-state index is 12.2. The predicted molar refractivity (Wildman–Crippen MR) is 95.7 cm³/mol. The zero-order valence-electron chi connectivity index (χ0n) is 15.7. The van der Waals surface area contributed by atoms with E-state index in [2.05, 4.69) is 5.32 Å². The average Bonchev–Trinajstić information content (AvgIpc) is 2.51. The van der Waals surface area contributed by atoms with Crippen molar-refractivity contribution in [2.45, 2.75) is 52.6 Å². The van der Waals surface area contributed by atoms with E-state index in [9.17, 15) is 18.0 Å². The highest BCUT2D eigenvalue weighted by molar-refractivity contribution is 7.89. The first kappa shape index (κ1) is 21.7. The number of carbonyl (C=O) groups excluding carboxylic acids is 2. The van der Waals surface area contributed by atoms with Crippen molar-refractivity contribution in [1.29, 1.82) is 0 Å². The molecule has 146 valence electrons. The smallest absolute Gasteiger partial charge is 0.407 e. The van der Waals surface area contributed by atoms with Crippen LogP contribution in [0, 0.1) is 0 Å². The summed E-state index contributed by atoms with van der Waals surface area (Å²) in [4.78, 5) is 25.3. The van der Waals surface area contributed by atoms with Gasteiger partial charge in [-0.15, -0.1) is 0 Å². The van der Waals surface area contributed by atoms with Crippen LogP contribution < -0.4 is 5.32 Å². The number of alkyl carbamates (subject to hydrolysis) is 1. The molecule has 0 aromatic rings. The van der Waals surface area contributed by atoms with E-state index in [-0.39, 0.29) is 24.6 Å². The van der Waals surface area contributed by atoms with Crippen molar-refractivity contribution in [1.82, 2.24) is 14.5 Å². The van der Waals surface area contributed by atoms with Crippen LogP contribution >= 0.6 is 0 Å².